The third-order valence-corrected chi connectivity index (χ3v) is 5.55. The highest BCUT2D eigenvalue weighted by Crippen LogP contribution is 2.25. The second-order valence-electron chi connectivity index (χ2n) is 4.11. The summed E-state index contributed by atoms with van der Waals surface area (Å²) in [4.78, 5) is 0. The van der Waals surface area contributed by atoms with Crippen LogP contribution in [0.4, 0.5) is 5.69 Å². The normalized spacial score (nSPS) is 19.6. The molecule has 1 aliphatic rings. The Labute approximate surface area is 111 Å². The summed E-state index contributed by atoms with van der Waals surface area (Å²) in [7, 11) is 0. The Kier molecular flexibility index (Phi) is 4.64. The van der Waals surface area contributed by atoms with Crippen LogP contribution in [0.1, 0.15) is 11.1 Å². The van der Waals surface area contributed by atoms with E-state index in [1.807, 2.05) is 35.7 Å². The maximum atomic E-state index is 9.05. The first-order valence-electron chi connectivity index (χ1n) is 5.73. The average molecular weight is 264 g/mol. The van der Waals surface area contributed by atoms with Crippen LogP contribution in [0.25, 0.3) is 0 Å². The number of nitrogens with zero attached hydrogens (tertiary/aromatic N) is 1. The van der Waals surface area contributed by atoms with Crippen LogP contribution < -0.4 is 5.32 Å². The Balaban J connectivity index is 1.98. The van der Waals surface area contributed by atoms with Crippen molar-refractivity contribution in [3.05, 3.63) is 29.3 Å². The van der Waals surface area contributed by atoms with Gasteiger partial charge in [0.25, 0.3) is 0 Å². The van der Waals surface area contributed by atoms with Crippen molar-refractivity contribution in [3.8, 4) is 6.07 Å². The van der Waals surface area contributed by atoms with E-state index in [-0.39, 0.29) is 0 Å². The van der Waals surface area contributed by atoms with E-state index in [9.17, 15) is 0 Å². The molecule has 0 aliphatic carbocycles. The molecular weight excluding hydrogens is 248 g/mol. The summed E-state index contributed by atoms with van der Waals surface area (Å²) >= 11 is 4.06. The van der Waals surface area contributed by atoms with Crippen LogP contribution in [0.3, 0.4) is 0 Å². The molecule has 4 heteroatoms. The number of nitriles is 1. The minimum atomic E-state index is 0.667. The van der Waals surface area contributed by atoms with Gasteiger partial charge in [0.05, 0.1) is 11.3 Å². The molecule has 90 valence electrons. The largest absolute Gasteiger partial charge is 0.383 e. The second kappa shape index (κ2) is 6.23. The molecular formula is C13H16N2S2. The van der Waals surface area contributed by atoms with Crippen LogP contribution in [-0.2, 0) is 0 Å². The molecule has 1 N–H and O–H groups in total. The quantitative estimate of drug-likeness (QED) is 0.910. The molecule has 1 aromatic rings. The van der Waals surface area contributed by atoms with Gasteiger partial charge in [-0.3, -0.25) is 0 Å². The van der Waals surface area contributed by atoms with Crippen molar-refractivity contribution in [1.29, 1.82) is 5.26 Å². The standard InChI is InChI=1S/C13H16N2S2/c1-10-2-3-11(7-14)13(6-10)15-8-12-9-16-4-5-17-12/h2-3,6,12,15H,4-5,8-9H2,1H3. The van der Waals surface area contributed by atoms with Gasteiger partial charge in [-0.05, 0) is 24.6 Å². The van der Waals surface area contributed by atoms with Crippen LogP contribution in [0.15, 0.2) is 18.2 Å². The van der Waals surface area contributed by atoms with E-state index in [4.69, 9.17) is 5.26 Å². The zero-order valence-corrected chi connectivity index (χ0v) is 11.5. The van der Waals surface area contributed by atoms with Crippen molar-refractivity contribution in [2.45, 2.75) is 12.2 Å². The molecule has 0 aromatic heterocycles. The molecule has 1 saturated heterocycles. The van der Waals surface area contributed by atoms with Gasteiger partial charge in [-0.1, -0.05) is 6.07 Å². The smallest absolute Gasteiger partial charge is 0.101 e. The Morgan fingerprint density at radius 1 is 1.47 bits per heavy atom. The van der Waals surface area contributed by atoms with Crippen molar-refractivity contribution < 1.29 is 0 Å². The molecule has 1 unspecified atom stereocenters. The fourth-order valence-corrected chi connectivity index (χ4v) is 4.39. The van der Waals surface area contributed by atoms with Gasteiger partial charge in [-0.15, -0.1) is 0 Å². The topological polar surface area (TPSA) is 35.8 Å². The molecule has 1 fully saturated rings. The molecule has 0 saturated carbocycles. The first kappa shape index (κ1) is 12.7. The van der Waals surface area contributed by atoms with Crippen LogP contribution in [-0.4, -0.2) is 29.1 Å². The summed E-state index contributed by atoms with van der Waals surface area (Å²) in [5, 5.41) is 13.1. The highest BCUT2D eigenvalue weighted by molar-refractivity contribution is 8.06. The van der Waals surface area contributed by atoms with Crippen molar-refractivity contribution in [3.63, 3.8) is 0 Å². The van der Waals surface area contributed by atoms with E-state index in [0.717, 1.165) is 17.8 Å². The summed E-state index contributed by atoms with van der Waals surface area (Å²) in [6.07, 6.45) is 0. The highest BCUT2D eigenvalue weighted by atomic mass is 32.2. The highest BCUT2D eigenvalue weighted by Gasteiger charge is 2.14. The Morgan fingerprint density at radius 2 is 2.35 bits per heavy atom. The minimum Gasteiger partial charge on any atom is -0.383 e. The lowest BCUT2D eigenvalue weighted by Crippen LogP contribution is -2.23. The lowest BCUT2D eigenvalue weighted by molar-refractivity contribution is 1.00. The third-order valence-electron chi connectivity index (χ3n) is 2.70. The van der Waals surface area contributed by atoms with Crippen molar-refractivity contribution in [2.75, 3.05) is 29.1 Å². The molecule has 0 radical (unpaired) electrons. The van der Waals surface area contributed by atoms with Gasteiger partial charge in [0, 0.05) is 29.1 Å². The van der Waals surface area contributed by atoms with Crippen LogP contribution in [0.2, 0.25) is 0 Å². The molecule has 2 rings (SSSR count). The van der Waals surface area contributed by atoms with Crippen LogP contribution in [0, 0.1) is 18.3 Å². The Hall–Kier alpha value is -0.790. The van der Waals surface area contributed by atoms with Crippen molar-refractivity contribution in [1.82, 2.24) is 0 Å². The van der Waals surface area contributed by atoms with Gasteiger partial charge in [0.15, 0.2) is 0 Å². The molecule has 1 atom stereocenters. The fourth-order valence-electron chi connectivity index (χ4n) is 1.78. The van der Waals surface area contributed by atoms with Crippen molar-refractivity contribution in [2.24, 2.45) is 0 Å². The molecule has 0 spiro atoms. The van der Waals surface area contributed by atoms with Gasteiger partial charge >= 0.3 is 0 Å². The summed E-state index contributed by atoms with van der Waals surface area (Å²) in [6, 6.07) is 8.16. The van der Waals surface area contributed by atoms with E-state index in [1.165, 1.54) is 22.8 Å². The Bertz CT molecular complexity index is 420. The number of benzene rings is 1. The number of thioether (sulfide) groups is 2. The number of hydrogen-bond donors (Lipinski definition) is 1. The lowest BCUT2D eigenvalue weighted by atomic mass is 10.1. The number of anilines is 1. The van der Waals surface area contributed by atoms with E-state index >= 15 is 0 Å². The van der Waals surface area contributed by atoms with Crippen molar-refractivity contribution >= 4 is 29.2 Å². The van der Waals surface area contributed by atoms with Crippen LogP contribution in [0.5, 0.6) is 0 Å². The van der Waals surface area contributed by atoms with Gasteiger partial charge in [-0.25, -0.2) is 0 Å². The Morgan fingerprint density at radius 3 is 3.06 bits per heavy atom. The summed E-state index contributed by atoms with van der Waals surface area (Å²) in [5.41, 5.74) is 2.91. The van der Waals surface area contributed by atoms with Gasteiger partial charge in [-0.2, -0.15) is 28.8 Å². The molecule has 1 heterocycles. The first-order chi connectivity index (χ1) is 8.29. The zero-order chi connectivity index (χ0) is 12.1. The predicted octanol–water partition coefficient (Wildman–Crippen LogP) is 3.13. The molecule has 17 heavy (non-hydrogen) atoms. The number of rotatable bonds is 3. The number of hydrogen-bond acceptors (Lipinski definition) is 4. The summed E-state index contributed by atoms with van der Waals surface area (Å²) in [6.45, 7) is 3.01. The van der Waals surface area contributed by atoms with Gasteiger partial charge in [0.1, 0.15) is 6.07 Å². The van der Waals surface area contributed by atoms with E-state index < -0.39 is 0 Å². The first-order valence-corrected chi connectivity index (χ1v) is 7.94. The average Bonchev–Trinajstić information content (AvgIpc) is 2.38. The zero-order valence-electron chi connectivity index (χ0n) is 9.90. The summed E-state index contributed by atoms with van der Waals surface area (Å²) < 4.78 is 0. The fraction of sp³-hybridized carbons (Fsp3) is 0.462. The SMILES string of the molecule is Cc1ccc(C#N)c(NCC2CSCCS2)c1. The predicted molar refractivity (Wildman–Crippen MR) is 78.0 cm³/mol. The molecule has 1 aliphatic heterocycles. The molecule has 1 aromatic carbocycles. The van der Waals surface area contributed by atoms with Gasteiger partial charge < -0.3 is 5.32 Å². The monoisotopic (exact) mass is 264 g/mol. The van der Waals surface area contributed by atoms with E-state index in [1.54, 1.807) is 0 Å². The maximum Gasteiger partial charge on any atom is 0.101 e. The third kappa shape index (κ3) is 3.58. The van der Waals surface area contributed by atoms with Crippen LogP contribution >= 0.6 is 23.5 Å². The number of nitrogens with one attached hydrogen (secondary N) is 1. The van der Waals surface area contributed by atoms with E-state index in [0.29, 0.717) is 5.25 Å². The second-order valence-corrected chi connectivity index (χ2v) is 6.67. The number of aryl methyl sites for hydroxylation is 1. The molecule has 0 bridgehead atoms. The maximum absolute atomic E-state index is 9.05. The minimum absolute atomic E-state index is 0.667. The summed E-state index contributed by atoms with van der Waals surface area (Å²) in [5.74, 6) is 3.73. The molecule has 0 amide bonds. The van der Waals surface area contributed by atoms with E-state index in [2.05, 4.69) is 24.4 Å². The lowest BCUT2D eigenvalue weighted by Gasteiger charge is -2.22. The molecule has 2 nitrogen and oxygen atoms in total. The van der Waals surface area contributed by atoms with Gasteiger partial charge in [0.2, 0.25) is 0 Å².